The second-order valence-corrected chi connectivity index (χ2v) is 6.27. The largest absolute Gasteiger partial charge is 0.374 e. The number of ether oxygens (including phenoxy) is 1. The van der Waals surface area contributed by atoms with Crippen LogP contribution in [0.5, 0.6) is 0 Å². The quantitative estimate of drug-likeness (QED) is 0.675. The van der Waals surface area contributed by atoms with Gasteiger partial charge in [-0.3, -0.25) is 4.67 Å². The molecule has 2 nitrogen and oxygen atoms in total. The number of hydrogen-bond donors (Lipinski definition) is 0. The van der Waals surface area contributed by atoms with Crippen molar-refractivity contribution in [2.24, 2.45) is 0 Å². The molecular formula is C13H30NOP. The number of fused-ring (bicyclic) bond motifs is 2. The maximum Gasteiger partial charge on any atom is 0.0797 e. The Balaban J connectivity index is 0.000000509. The van der Waals surface area contributed by atoms with E-state index in [9.17, 15) is 0 Å². The second-order valence-electron chi connectivity index (χ2n) is 3.96. The third kappa shape index (κ3) is 3.42. The SMILES string of the molecule is CC.CC.CCCC12CCP(COC1)N2C. The normalized spacial score (nSPS) is 32.2. The van der Waals surface area contributed by atoms with Gasteiger partial charge < -0.3 is 4.74 Å². The average molecular weight is 247 g/mol. The van der Waals surface area contributed by atoms with Crippen LogP contribution < -0.4 is 0 Å². The zero-order valence-corrected chi connectivity index (χ0v) is 12.9. The summed E-state index contributed by atoms with van der Waals surface area (Å²) in [6, 6.07) is 0. The molecule has 2 heterocycles. The smallest absolute Gasteiger partial charge is 0.0797 e. The summed E-state index contributed by atoms with van der Waals surface area (Å²) < 4.78 is 8.30. The van der Waals surface area contributed by atoms with E-state index in [2.05, 4.69) is 18.6 Å². The molecule has 0 radical (unpaired) electrons. The molecule has 0 spiro atoms. The first-order valence-corrected chi connectivity index (χ1v) is 8.51. The van der Waals surface area contributed by atoms with Crippen LogP contribution in [0.25, 0.3) is 0 Å². The highest BCUT2D eigenvalue weighted by Crippen LogP contribution is 2.57. The van der Waals surface area contributed by atoms with Crippen LogP contribution in [-0.2, 0) is 4.74 Å². The fourth-order valence-electron chi connectivity index (χ4n) is 2.43. The van der Waals surface area contributed by atoms with E-state index < -0.39 is 0 Å². The third-order valence-corrected chi connectivity index (χ3v) is 5.77. The van der Waals surface area contributed by atoms with E-state index in [0.29, 0.717) is 5.54 Å². The summed E-state index contributed by atoms with van der Waals surface area (Å²) in [5, 5.41) is 0. The van der Waals surface area contributed by atoms with Crippen LogP contribution in [0.15, 0.2) is 0 Å². The molecule has 0 N–H and O–H groups in total. The molecule has 2 saturated heterocycles. The van der Waals surface area contributed by atoms with Gasteiger partial charge in [0.05, 0.1) is 13.0 Å². The predicted molar refractivity (Wildman–Crippen MR) is 75.3 cm³/mol. The Hall–Kier alpha value is 0.350. The molecule has 3 heteroatoms. The first kappa shape index (κ1) is 16.4. The van der Waals surface area contributed by atoms with Crippen molar-refractivity contribution >= 4 is 8.07 Å². The van der Waals surface area contributed by atoms with Gasteiger partial charge in [0.15, 0.2) is 0 Å². The average Bonchev–Trinajstić information content (AvgIpc) is 2.56. The lowest BCUT2D eigenvalue weighted by molar-refractivity contribution is 0.0428. The van der Waals surface area contributed by atoms with Gasteiger partial charge in [0.2, 0.25) is 0 Å². The molecule has 0 aliphatic carbocycles. The molecule has 2 aliphatic rings. The molecule has 2 fully saturated rings. The lowest BCUT2D eigenvalue weighted by Crippen LogP contribution is -2.46. The Bertz CT molecular complexity index is 168. The summed E-state index contributed by atoms with van der Waals surface area (Å²) in [5.41, 5.74) is 0.443. The molecule has 16 heavy (non-hydrogen) atoms. The highest BCUT2D eigenvalue weighted by molar-refractivity contribution is 7.55. The van der Waals surface area contributed by atoms with E-state index in [1.54, 1.807) is 0 Å². The van der Waals surface area contributed by atoms with Crippen LogP contribution in [0, 0.1) is 0 Å². The summed E-state index contributed by atoms with van der Waals surface area (Å²) in [4.78, 5) is 0. The molecule has 2 rings (SSSR count). The summed E-state index contributed by atoms with van der Waals surface area (Å²) in [7, 11) is 2.40. The predicted octanol–water partition coefficient (Wildman–Crippen LogP) is 4.30. The van der Waals surface area contributed by atoms with Crippen LogP contribution in [0.3, 0.4) is 0 Å². The van der Waals surface area contributed by atoms with Crippen LogP contribution in [0.1, 0.15) is 53.9 Å². The molecule has 0 aromatic heterocycles. The first-order chi connectivity index (χ1) is 7.78. The van der Waals surface area contributed by atoms with Crippen molar-refractivity contribution in [3.63, 3.8) is 0 Å². The molecule has 0 aromatic rings. The molecule has 98 valence electrons. The molecule has 0 amide bonds. The Morgan fingerprint density at radius 2 is 1.88 bits per heavy atom. The number of hydrogen-bond acceptors (Lipinski definition) is 2. The van der Waals surface area contributed by atoms with E-state index in [4.69, 9.17) is 4.74 Å². The van der Waals surface area contributed by atoms with Crippen molar-refractivity contribution in [3.8, 4) is 0 Å². The summed E-state index contributed by atoms with van der Waals surface area (Å²) in [6.07, 6.45) is 6.42. The van der Waals surface area contributed by atoms with Crippen molar-refractivity contribution in [1.82, 2.24) is 4.67 Å². The Kier molecular flexibility index (Phi) is 8.63. The van der Waals surface area contributed by atoms with Gasteiger partial charge in [0.25, 0.3) is 0 Å². The minimum Gasteiger partial charge on any atom is -0.374 e. The number of likely N-dealkylation sites (N-methyl/N-ethyl adjacent to an activating group) is 1. The van der Waals surface area contributed by atoms with Crippen molar-refractivity contribution in [1.29, 1.82) is 0 Å². The van der Waals surface area contributed by atoms with Gasteiger partial charge in [-0.05, 0) is 34.1 Å². The van der Waals surface area contributed by atoms with E-state index in [1.807, 2.05) is 27.7 Å². The maximum absolute atomic E-state index is 5.67. The van der Waals surface area contributed by atoms with Gasteiger partial charge in [-0.15, -0.1) is 0 Å². The minimum absolute atomic E-state index is 0.0943. The molecule has 2 unspecified atom stereocenters. The topological polar surface area (TPSA) is 12.5 Å². The fraction of sp³-hybridized carbons (Fsp3) is 1.00. The lowest BCUT2D eigenvalue weighted by Gasteiger charge is -2.42. The zero-order valence-electron chi connectivity index (χ0n) is 12.0. The Morgan fingerprint density at radius 1 is 1.25 bits per heavy atom. The van der Waals surface area contributed by atoms with E-state index >= 15 is 0 Å². The third-order valence-electron chi connectivity index (χ3n) is 3.27. The van der Waals surface area contributed by atoms with Crippen molar-refractivity contribution in [2.75, 3.05) is 26.2 Å². The van der Waals surface area contributed by atoms with E-state index in [1.165, 1.54) is 25.4 Å². The summed E-state index contributed by atoms with van der Waals surface area (Å²) in [5.74, 6) is 0. The van der Waals surface area contributed by atoms with Crippen molar-refractivity contribution < 1.29 is 4.74 Å². The van der Waals surface area contributed by atoms with Gasteiger partial charge in [0, 0.05) is 5.54 Å². The molecule has 2 bridgehead atoms. The van der Waals surface area contributed by atoms with Gasteiger partial charge in [-0.2, -0.15) is 0 Å². The van der Waals surface area contributed by atoms with Crippen LogP contribution in [0.4, 0.5) is 0 Å². The first-order valence-electron chi connectivity index (χ1n) is 6.85. The maximum atomic E-state index is 5.67. The highest BCUT2D eigenvalue weighted by atomic mass is 31.1. The fourth-order valence-corrected chi connectivity index (χ4v) is 4.87. The molecular weight excluding hydrogens is 217 g/mol. The van der Waals surface area contributed by atoms with Gasteiger partial charge >= 0.3 is 0 Å². The lowest BCUT2D eigenvalue weighted by atomic mass is 9.92. The number of nitrogens with zero attached hydrogens (tertiary/aromatic N) is 1. The van der Waals surface area contributed by atoms with E-state index in [-0.39, 0.29) is 8.07 Å². The van der Waals surface area contributed by atoms with Crippen molar-refractivity contribution in [3.05, 3.63) is 0 Å². The molecule has 2 atom stereocenters. The zero-order chi connectivity index (χ0) is 12.6. The monoisotopic (exact) mass is 247 g/mol. The Labute approximate surface area is 104 Å². The van der Waals surface area contributed by atoms with Crippen molar-refractivity contribution in [2.45, 2.75) is 59.4 Å². The van der Waals surface area contributed by atoms with Crippen LogP contribution in [0.2, 0.25) is 0 Å². The van der Waals surface area contributed by atoms with Gasteiger partial charge in [0.1, 0.15) is 0 Å². The van der Waals surface area contributed by atoms with Gasteiger partial charge in [-0.25, -0.2) is 0 Å². The second kappa shape index (κ2) is 8.44. The number of rotatable bonds is 2. The summed E-state index contributed by atoms with van der Waals surface area (Å²) in [6.45, 7) is 11.3. The highest BCUT2D eigenvalue weighted by Gasteiger charge is 2.46. The molecule has 0 saturated carbocycles. The van der Waals surface area contributed by atoms with Gasteiger partial charge in [-0.1, -0.05) is 41.0 Å². The van der Waals surface area contributed by atoms with Crippen LogP contribution >= 0.6 is 8.07 Å². The Morgan fingerprint density at radius 3 is 2.44 bits per heavy atom. The van der Waals surface area contributed by atoms with E-state index in [0.717, 1.165) is 13.0 Å². The molecule has 2 aliphatic heterocycles. The molecule has 0 aromatic carbocycles. The standard InChI is InChI=1S/C9H18NOP.2C2H6/c1-3-4-9-5-6-12(10(9)2)8-11-7-9;2*1-2/h3-8H2,1-2H3;2*1-2H3. The summed E-state index contributed by atoms with van der Waals surface area (Å²) >= 11 is 0. The van der Waals surface area contributed by atoms with Crippen LogP contribution in [-0.4, -0.2) is 36.4 Å². The minimum atomic E-state index is 0.0943.